The lowest BCUT2D eigenvalue weighted by molar-refractivity contribution is 1.35. The van der Waals surface area contributed by atoms with Crippen molar-refractivity contribution in [3.05, 3.63) is 143 Å². The first-order chi connectivity index (χ1) is 16.0. The van der Waals surface area contributed by atoms with E-state index in [0.29, 0.717) is 0 Å². The van der Waals surface area contributed by atoms with Crippen LogP contribution in [0.25, 0.3) is 11.6 Å². The second-order valence-electron chi connectivity index (χ2n) is 7.48. The van der Waals surface area contributed by atoms with Crippen molar-refractivity contribution in [1.29, 1.82) is 0 Å². The van der Waals surface area contributed by atoms with Crippen molar-refractivity contribution in [2.24, 2.45) is 0 Å². The average Bonchev–Trinajstić information content (AvgIpc) is 2.85. The number of allylic oxidation sites excluding steroid dienone is 4. The third-order valence-corrected chi connectivity index (χ3v) is 5.03. The third kappa shape index (κ3) is 7.91. The quantitative estimate of drug-likeness (QED) is 0.337. The van der Waals surface area contributed by atoms with Gasteiger partial charge >= 0.3 is 0 Å². The maximum atomic E-state index is 4.40. The van der Waals surface area contributed by atoms with Crippen molar-refractivity contribution >= 4 is 11.6 Å². The van der Waals surface area contributed by atoms with Gasteiger partial charge in [-0.25, -0.2) is 0 Å². The molecule has 0 aliphatic heterocycles. The van der Waals surface area contributed by atoms with E-state index in [2.05, 4.69) is 119 Å². The van der Waals surface area contributed by atoms with Gasteiger partial charge in [0.05, 0.1) is 0 Å². The van der Waals surface area contributed by atoms with Crippen molar-refractivity contribution in [3.8, 4) is 0 Å². The van der Waals surface area contributed by atoms with E-state index in [0.717, 1.165) is 22.3 Å². The molecule has 0 bridgehead atoms. The van der Waals surface area contributed by atoms with Crippen LogP contribution in [0.15, 0.2) is 115 Å². The van der Waals surface area contributed by atoms with Crippen LogP contribution < -0.4 is 0 Å². The van der Waals surface area contributed by atoms with Crippen LogP contribution in [-0.2, 0) is 0 Å². The monoisotopic (exact) mass is 436 g/mol. The van der Waals surface area contributed by atoms with Crippen LogP contribution in [0.1, 0.15) is 62.4 Å². The Morgan fingerprint density at radius 2 is 1.24 bits per heavy atom. The molecule has 0 unspecified atom stereocenters. The number of rotatable bonds is 6. The van der Waals surface area contributed by atoms with Crippen molar-refractivity contribution < 1.29 is 0 Å². The van der Waals surface area contributed by atoms with E-state index in [1.165, 1.54) is 27.8 Å². The highest BCUT2D eigenvalue weighted by Gasteiger charge is 2.15. The summed E-state index contributed by atoms with van der Waals surface area (Å²) < 4.78 is 0. The molecule has 0 atom stereocenters. The molecule has 3 rings (SSSR count). The summed E-state index contributed by atoms with van der Waals surface area (Å²) in [5.74, 6) is 0. The first-order valence-corrected chi connectivity index (χ1v) is 11.9. The lowest BCUT2D eigenvalue weighted by Gasteiger charge is -2.19. The molecule has 0 radical (unpaired) electrons. The molecule has 0 saturated carbocycles. The van der Waals surface area contributed by atoms with E-state index in [4.69, 9.17) is 0 Å². The summed E-state index contributed by atoms with van der Waals surface area (Å²) in [7, 11) is 0. The van der Waals surface area contributed by atoms with E-state index in [-0.39, 0.29) is 0 Å². The van der Waals surface area contributed by atoms with Crippen LogP contribution in [0.3, 0.4) is 0 Å². The van der Waals surface area contributed by atoms with E-state index >= 15 is 0 Å². The Bertz CT molecular complexity index is 1070. The SMILES string of the molecule is C=C(C)/C(C(=C)/C=C/c1ccc(C)cc1)=C(/c1ccccc1)c1ccccc1C.CC.CC. The predicted octanol–water partition coefficient (Wildman–Crippen LogP) is 10.0. The molecule has 33 heavy (non-hydrogen) atoms. The van der Waals surface area contributed by atoms with E-state index in [1.807, 2.05) is 33.8 Å². The van der Waals surface area contributed by atoms with Crippen LogP contribution in [0, 0.1) is 13.8 Å². The van der Waals surface area contributed by atoms with Gasteiger partial charge in [0.1, 0.15) is 0 Å². The van der Waals surface area contributed by atoms with Crippen LogP contribution in [0.2, 0.25) is 0 Å². The Balaban J connectivity index is 0.00000129. The number of hydrogen-bond acceptors (Lipinski definition) is 0. The summed E-state index contributed by atoms with van der Waals surface area (Å²) in [5, 5.41) is 0. The van der Waals surface area contributed by atoms with E-state index < -0.39 is 0 Å². The van der Waals surface area contributed by atoms with Gasteiger partial charge in [0.15, 0.2) is 0 Å². The molecular weight excluding hydrogens is 396 g/mol. The standard InChI is InChI=1S/C29H28.2C2H6/c1-21(2)28(24(5)17-20-25-18-15-22(3)16-19-25)29(26-12-7-6-8-13-26)27-14-10-9-11-23(27)4;2*1-2/h6-20H,1,5H2,2-4H3;2*1-2H3/b20-17+,29-28+;;. The Morgan fingerprint density at radius 1 is 0.697 bits per heavy atom. The van der Waals surface area contributed by atoms with Crippen LogP contribution in [-0.4, -0.2) is 0 Å². The Morgan fingerprint density at radius 3 is 1.79 bits per heavy atom. The second-order valence-corrected chi connectivity index (χ2v) is 7.48. The predicted molar refractivity (Wildman–Crippen MR) is 151 cm³/mol. The molecule has 0 saturated heterocycles. The van der Waals surface area contributed by atoms with Gasteiger partial charge in [-0.05, 0) is 65.3 Å². The highest BCUT2D eigenvalue weighted by Crippen LogP contribution is 2.35. The fourth-order valence-electron chi connectivity index (χ4n) is 3.50. The first kappa shape index (κ1) is 27.7. The van der Waals surface area contributed by atoms with Gasteiger partial charge in [0.25, 0.3) is 0 Å². The Hall–Kier alpha value is -3.38. The van der Waals surface area contributed by atoms with Crippen LogP contribution >= 0.6 is 0 Å². The lowest BCUT2D eigenvalue weighted by atomic mass is 9.85. The van der Waals surface area contributed by atoms with Crippen molar-refractivity contribution in [2.75, 3.05) is 0 Å². The van der Waals surface area contributed by atoms with Crippen LogP contribution in [0.5, 0.6) is 0 Å². The van der Waals surface area contributed by atoms with E-state index in [1.54, 1.807) is 0 Å². The molecule has 0 N–H and O–H groups in total. The minimum atomic E-state index is 0.959. The summed E-state index contributed by atoms with van der Waals surface area (Å²) >= 11 is 0. The highest BCUT2D eigenvalue weighted by atomic mass is 14.2. The fraction of sp³-hybridized carbons (Fsp3) is 0.212. The lowest BCUT2D eigenvalue weighted by Crippen LogP contribution is -1.99. The molecule has 3 aromatic rings. The number of aryl methyl sites for hydroxylation is 2. The molecule has 0 aromatic heterocycles. The molecule has 0 heterocycles. The molecular formula is C33H40. The molecule has 0 fully saturated rings. The molecule has 172 valence electrons. The summed E-state index contributed by atoms with van der Waals surface area (Å²) in [6, 6.07) is 27.5. The molecule has 0 nitrogen and oxygen atoms in total. The largest absolute Gasteiger partial charge is 0.0955 e. The van der Waals surface area contributed by atoms with Gasteiger partial charge in [-0.2, -0.15) is 0 Å². The maximum Gasteiger partial charge on any atom is -0.00279 e. The number of hydrogen-bond donors (Lipinski definition) is 0. The van der Waals surface area contributed by atoms with Crippen molar-refractivity contribution in [2.45, 2.75) is 48.5 Å². The van der Waals surface area contributed by atoms with Gasteiger partial charge in [0, 0.05) is 0 Å². The smallest absolute Gasteiger partial charge is 0.00279 e. The van der Waals surface area contributed by atoms with E-state index in [9.17, 15) is 0 Å². The van der Waals surface area contributed by atoms with Crippen molar-refractivity contribution in [3.63, 3.8) is 0 Å². The van der Waals surface area contributed by atoms with Gasteiger partial charge in [-0.1, -0.05) is 137 Å². The summed E-state index contributed by atoms with van der Waals surface area (Å²) in [6.45, 7) is 23.0. The Labute approximate surface area is 202 Å². The zero-order valence-corrected chi connectivity index (χ0v) is 21.6. The molecule has 0 amide bonds. The summed E-state index contributed by atoms with van der Waals surface area (Å²) in [5.41, 5.74) is 10.3. The summed E-state index contributed by atoms with van der Waals surface area (Å²) in [6.07, 6.45) is 4.21. The molecule has 0 spiro atoms. The molecule has 0 heteroatoms. The summed E-state index contributed by atoms with van der Waals surface area (Å²) in [4.78, 5) is 0. The maximum absolute atomic E-state index is 4.40. The van der Waals surface area contributed by atoms with Crippen LogP contribution in [0.4, 0.5) is 0 Å². The molecule has 0 aliphatic rings. The van der Waals surface area contributed by atoms with Gasteiger partial charge < -0.3 is 0 Å². The zero-order chi connectivity index (χ0) is 24.8. The third-order valence-electron chi connectivity index (χ3n) is 5.03. The normalized spacial score (nSPS) is 10.9. The van der Waals surface area contributed by atoms with Gasteiger partial charge in [0.2, 0.25) is 0 Å². The van der Waals surface area contributed by atoms with Gasteiger partial charge in [-0.15, -0.1) is 0 Å². The zero-order valence-electron chi connectivity index (χ0n) is 21.6. The minimum absolute atomic E-state index is 0.959. The molecule has 3 aromatic carbocycles. The number of benzene rings is 3. The van der Waals surface area contributed by atoms with Crippen molar-refractivity contribution in [1.82, 2.24) is 0 Å². The topological polar surface area (TPSA) is 0 Å². The first-order valence-electron chi connectivity index (χ1n) is 11.9. The minimum Gasteiger partial charge on any atom is -0.0955 e. The average molecular weight is 437 g/mol. The molecule has 0 aliphatic carbocycles. The van der Waals surface area contributed by atoms with Gasteiger partial charge in [-0.3, -0.25) is 0 Å². The second kappa shape index (κ2) is 14.6. The highest BCUT2D eigenvalue weighted by molar-refractivity contribution is 5.89. The Kier molecular flexibility index (Phi) is 12.3. The fourth-order valence-corrected chi connectivity index (χ4v) is 3.50.